The zero-order valence-corrected chi connectivity index (χ0v) is 22.9. The van der Waals surface area contributed by atoms with Crippen molar-refractivity contribution in [3.8, 4) is 0 Å². The van der Waals surface area contributed by atoms with Gasteiger partial charge in [0.15, 0.2) is 5.96 Å². The number of carboxylic acids is 1. The van der Waals surface area contributed by atoms with E-state index < -0.39 is 47.9 Å². The van der Waals surface area contributed by atoms with Crippen LogP contribution < -0.4 is 33.2 Å². The van der Waals surface area contributed by atoms with Crippen LogP contribution in [0.4, 0.5) is 0 Å². The number of thiol groups is 1. The van der Waals surface area contributed by atoms with E-state index in [4.69, 9.17) is 17.2 Å². The summed E-state index contributed by atoms with van der Waals surface area (Å²) in [4.78, 5) is 55.0. The minimum absolute atomic E-state index is 0.0546. The van der Waals surface area contributed by atoms with Crippen molar-refractivity contribution >= 4 is 42.3 Å². The minimum atomic E-state index is -1.23. The van der Waals surface area contributed by atoms with Crippen LogP contribution >= 0.6 is 12.6 Å². The molecule has 4 unspecified atom stereocenters. The molecule has 0 aliphatic rings. The maximum absolute atomic E-state index is 13.4. The first-order chi connectivity index (χ1) is 19.1. The number of carboxylic acid groups (broad SMARTS) is 1. The van der Waals surface area contributed by atoms with Crippen LogP contribution in [0.15, 0.2) is 65.7 Å². The molecule has 10 N–H and O–H groups in total. The molecule has 0 saturated carbocycles. The van der Waals surface area contributed by atoms with Crippen molar-refractivity contribution in [2.45, 2.75) is 49.9 Å². The molecule has 0 aliphatic carbocycles. The fraction of sp³-hybridized carbons (Fsp3) is 0.370. The number of nitrogens with one attached hydrogen (secondary N) is 3. The Hall–Kier alpha value is -4.10. The van der Waals surface area contributed by atoms with Gasteiger partial charge in [-0.05, 0) is 24.0 Å². The summed E-state index contributed by atoms with van der Waals surface area (Å²) in [6.45, 7) is 0.217. The van der Waals surface area contributed by atoms with Crippen LogP contribution in [-0.4, -0.2) is 71.2 Å². The van der Waals surface area contributed by atoms with E-state index in [9.17, 15) is 24.3 Å². The minimum Gasteiger partial charge on any atom is -0.480 e. The number of hydrogen-bond donors (Lipinski definition) is 8. The highest BCUT2D eigenvalue weighted by molar-refractivity contribution is 7.80. The second-order valence-electron chi connectivity index (χ2n) is 9.14. The summed E-state index contributed by atoms with van der Waals surface area (Å²) in [7, 11) is 0. The first-order valence-corrected chi connectivity index (χ1v) is 13.4. The van der Waals surface area contributed by atoms with Gasteiger partial charge in [0.2, 0.25) is 17.7 Å². The van der Waals surface area contributed by atoms with Crippen molar-refractivity contribution in [3.63, 3.8) is 0 Å². The standard InChI is InChI=1S/C27H37N7O5S/c28-19(16-40)23(35)32-20(12-7-13-31-27(29)30)24(36)33-21(14-17-8-3-1-4-9-17)25(37)34-22(26(38)39)15-18-10-5-2-6-11-18/h1-6,8-11,19-22,40H,7,12-16,28H2,(H,32,35)(H,33,36)(H,34,37)(H,38,39)(H4,29,30,31). The quantitative estimate of drug-likeness (QED) is 0.0558. The van der Waals surface area contributed by atoms with Crippen LogP contribution in [0, 0.1) is 0 Å². The Morgan fingerprint density at radius 3 is 1.75 bits per heavy atom. The maximum Gasteiger partial charge on any atom is 0.326 e. The number of amides is 3. The van der Waals surface area contributed by atoms with Crippen molar-refractivity contribution in [1.82, 2.24) is 16.0 Å². The van der Waals surface area contributed by atoms with Gasteiger partial charge in [-0.15, -0.1) is 0 Å². The van der Waals surface area contributed by atoms with E-state index in [-0.39, 0.29) is 37.5 Å². The summed E-state index contributed by atoms with van der Waals surface area (Å²) < 4.78 is 0. The van der Waals surface area contributed by atoms with Crippen LogP contribution in [-0.2, 0) is 32.0 Å². The van der Waals surface area contributed by atoms with Crippen molar-refractivity contribution in [2.75, 3.05) is 12.3 Å². The van der Waals surface area contributed by atoms with Crippen LogP contribution in [0.5, 0.6) is 0 Å². The molecule has 2 aromatic rings. The highest BCUT2D eigenvalue weighted by atomic mass is 32.1. The summed E-state index contributed by atoms with van der Waals surface area (Å²) in [6.07, 6.45) is 0.638. The molecule has 0 heterocycles. The fourth-order valence-corrected chi connectivity index (χ4v) is 3.95. The van der Waals surface area contributed by atoms with Gasteiger partial charge in [0, 0.05) is 25.1 Å². The number of aliphatic carboxylic acids is 1. The lowest BCUT2D eigenvalue weighted by Gasteiger charge is -2.25. The van der Waals surface area contributed by atoms with Crippen molar-refractivity contribution < 1.29 is 24.3 Å². The second kappa shape index (κ2) is 16.8. The molecular formula is C27H37N7O5S. The van der Waals surface area contributed by atoms with Gasteiger partial charge in [0.05, 0.1) is 6.04 Å². The Labute approximate surface area is 238 Å². The molecule has 12 nitrogen and oxygen atoms in total. The number of carbonyl (C=O) groups is 4. The Bertz CT molecular complexity index is 1150. The van der Waals surface area contributed by atoms with Gasteiger partial charge in [-0.3, -0.25) is 19.4 Å². The Morgan fingerprint density at radius 1 is 0.775 bits per heavy atom. The lowest BCUT2D eigenvalue weighted by molar-refractivity contribution is -0.142. The Balaban J connectivity index is 2.24. The van der Waals surface area contributed by atoms with Gasteiger partial charge in [-0.25, -0.2) is 4.79 Å². The number of hydrogen-bond acceptors (Lipinski definition) is 7. The van der Waals surface area contributed by atoms with Gasteiger partial charge < -0.3 is 38.3 Å². The maximum atomic E-state index is 13.4. The van der Waals surface area contributed by atoms with E-state index in [1.54, 1.807) is 54.6 Å². The first kappa shape index (κ1) is 32.1. The van der Waals surface area contributed by atoms with E-state index >= 15 is 0 Å². The predicted octanol–water partition coefficient (Wildman–Crippen LogP) is -0.678. The van der Waals surface area contributed by atoms with Crippen LogP contribution in [0.3, 0.4) is 0 Å². The monoisotopic (exact) mass is 571 g/mol. The number of rotatable bonds is 16. The average molecular weight is 572 g/mol. The molecular weight excluding hydrogens is 534 g/mol. The van der Waals surface area contributed by atoms with Crippen molar-refractivity contribution in [3.05, 3.63) is 71.8 Å². The molecule has 2 rings (SSSR count). The zero-order valence-electron chi connectivity index (χ0n) is 22.0. The van der Waals surface area contributed by atoms with Crippen molar-refractivity contribution in [1.29, 1.82) is 0 Å². The second-order valence-corrected chi connectivity index (χ2v) is 9.50. The highest BCUT2D eigenvalue weighted by Crippen LogP contribution is 2.08. The lowest BCUT2D eigenvalue weighted by Crippen LogP contribution is -2.58. The predicted molar refractivity (Wildman–Crippen MR) is 155 cm³/mol. The van der Waals surface area contributed by atoms with Crippen molar-refractivity contribution in [2.24, 2.45) is 22.2 Å². The molecule has 40 heavy (non-hydrogen) atoms. The number of benzene rings is 2. The molecule has 0 radical (unpaired) electrons. The summed E-state index contributed by atoms with van der Waals surface area (Å²) in [5.41, 5.74) is 17.9. The Morgan fingerprint density at radius 2 is 1.25 bits per heavy atom. The van der Waals surface area contributed by atoms with E-state index in [2.05, 4.69) is 33.6 Å². The third-order valence-corrected chi connectivity index (χ3v) is 6.32. The SMILES string of the molecule is NC(N)=NCCCC(NC(=O)C(N)CS)C(=O)NC(Cc1ccccc1)C(=O)NC(Cc1ccccc1)C(=O)O. The summed E-state index contributed by atoms with van der Waals surface area (Å²) in [5, 5.41) is 17.6. The van der Waals surface area contributed by atoms with E-state index in [0.29, 0.717) is 6.42 Å². The lowest BCUT2D eigenvalue weighted by atomic mass is 10.0. The van der Waals surface area contributed by atoms with Crippen LogP contribution in [0.1, 0.15) is 24.0 Å². The highest BCUT2D eigenvalue weighted by Gasteiger charge is 2.30. The number of carbonyl (C=O) groups excluding carboxylic acids is 3. The third kappa shape index (κ3) is 11.3. The van der Waals surface area contributed by atoms with Crippen LogP contribution in [0.25, 0.3) is 0 Å². The molecule has 3 amide bonds. The van der Waals surface area contributed by atoms with Gasteiger partial charge in [-0.2, -0.15) is 12.6 Å². The van der Waals surface area contributed by atoms with E-state index in [0.717, 1.165) is 11.1 Å². The van der Waals surface area contributed by atoms with Gasteiger partial charge in [0.25, 0.3) is 0 Å². The third-order valence-electron chi connectivity index (χ3n) is 5.92. The topological polar surface area (TPSA) is 215 Å². The number of aliphatic imine (C=N–C) groups is 1. The average Bonchev–Trinajstić information content (AvgIpc) is 2.94. The summed E-state index contributed by atoms with van der Waals surface area (Å²) in [5.74, 6) is -3.17. The number of nitrogens with zero attached hydrogens (tertiary/aromatic N) is 1. The molecule has 0 saturated heterocycles. The smallest absolute Gasteiger partial charge is 0.326 e. The van der Waals surface area contributed by atoms with Crippen LogP contribution in [0.2, 0.25) is 0 Å². The molecule has 0 fully saturated rings. The molecule has 0 aliphatic heterocycles. The fourth-order valence-electron chi connectivity index (χ4n) is 3.79. The van der Waals surface area contributed by atoms with E-state index in [1.807, 2.05) is 6.07 Å². The molecule has 0 aromatic heterocycles. The zero-order chi connectivity index (χ0) is 29.5. The molecule has 13 heteroatoms. The van der Waals surface area contributed by atoms with Gasteiger partial charge in [-0.1, -0.05) is 60.7 Å². The largest absolute Gasteiger partial charge is 0.480 e. The first-order valence-electron chi connectivity index (χ1n) is 12.7. The molecule has 216 valence electrons. The van der Waals surface area contributed by atoms with Gasteiger partial charge >= 0.3 is 5.97 Å². The number of nitrogens with two attached hydrogens (primary N) is 3. The molecule has 4 atom stereocenters. The van der Waals surface area contributed by atoms with Gasteiger partial charge in [0.1, 0.15) is 18.1 Å². The summed E-state index contributed by atoms with van der Waals surface area (Å²) in [6, 6.07) is 13.4. The Kier molecular flexibility index (Phi) is 13.5. The molecule has 0 bridgehead atoms. The number of guanidine groups is 1. The summed E-state index contributed by atoms with van der Waals surface area (Å²) >= 11 is 4.03. The molecule has 2 aromatic carbocycles. The molecule has 0 spiro atoms. The normalized spacial score (nSPS) is 13.7. The van der Waals surface area contributed by atoms with E-state index in [1.165, 1.54) is 0 Å².